The Labute approximate surface area is 88.5 Å². The van der Waals surface area contributed by atoms with Gasteiger partial charge in [0.05, 0.1) is 11.9 Å². The summed E-state index contributed by atoms with van der Waals surface area (Å²) in [5.74, 6) is 1.15. The molecule has 2 N–H and O–H groups in total. The van der Waals surface area contributed by atoms with E-state index in [4.69, 9.17) is 10.2 Å². The molecule has 0 amide bonds. The third-order valence-corrected chi connectivity index (χ3v) is 2.62. The van der Waals surface area contributed by atoms with Gasteiger partial charge in [-0.25, -0.2) is 4.98 Å². The molecule has 2 aromatic rings. The van der Waals surface area contributed by atoms with Crippen molar-refractivity contribution in [1.29, 1.82) is 0 Å². The molecule has 15 heavy (non-hydrogen) atoms. The fourth-order valence-corrected chi connectivity index (χ4v) is 1.66. The maximum absolute atomic E-state index is 5.64. The Morgan fingerprint density at radius 3 is 2.80 bits per heavy atom. The zero-order valence-corrected chi connectivity index (χ0v) is 9.03. The Morgan fingerprint density at radius 1 is 1.40 bits per heavy atom. The smallest absolute Gasteiger partial charge is 0.200 e. The summed E-state index contributed by atoms with van der Waals surface area (Å²) in [5, 5.41) is 0. The molecule has 0 aliphatic rings. The van der Waals surface area contributed by atoms with E-state index >= 15 is 0 Å². The van der Waals surface area contributed by atoms with Crippen molar-refractivity contribution in [3.63, 3.8) is 0 Å². The van der Waals surface area contributed by atoms with Gasteiger partial charge in [-0.2, -0.15) is 4.98 Å². The van der Waals surface area contributed by atoms with Gasteiger partial charge in [0.1, 0.15) is 0 Å². The second-order valence-electron chi connectivity index (χ2n) is 3.66. The normalized spacial score (nSPS) is 11.4. The number of anilines is 1. The summed E-state index contributed by atoms with van der Waals surface area (Å²) in [6.07, 6.45) is 3.65. The van der Waals surface area contributed by atoms with Crippen molar-refractivity contribution in [2.75, 3.05) is 5.73 Å². The van der Waals surface area contributed by atoms with Gasteiger partial charge in [0.2, 0.25) is 0 Å². The summed E-state index contributed by atoms with van der Waals surface area (Å²) < 4.78 is 5.64. The van der Waals surface area contributed by atoms with Gasteiger partial charge in [0.25, 0.3) is 0 Å². The zero-order valence-electron chi connectivity index (χ0n) is 9.03. The second-order valence-corrected chi connectivity index (χ2v) is 3.66. The van der Waals surface area contributed by atoms with Crippen LogP contribution in [0.4, 0.5) is 5.69 Å². The highest BCUT2D eigenvalue weighted by Crippen LogP contribution is 2.25. The van der Waals surface area contributed by atoms with E-state index in [9.17, 15) is 0 Å². The zero-order chi connectivity index (χ0) is 10.8. The number of rotatable bonds is 3. The van der Waals surface area contributed by atoms with Gasteiger partial charge in [0, 0.05) is 12.0 Å². The van der Waals surface area contributed by atoms with Crippen LogP contribution in [-0.4, -0.2) is 9.97 Å². The van der Waals surface area contributed by atoms with Gasteiger partial charge in [-0.05, 0) is 12.8 Å². The monoisotopic (exact) mass is 205 g/mol. The standard InChI is InChI=1S/C11H15N3O/c1-3-7(4-2)11-14-10-9(15-11)5-8(12)6-13-10/h5-7H,3-4,12H2,1-2H3. The van der Waals surface area contributed by atoms with Gasteiger partial charge in [-0.3, -0.25) is 0 Å². The lowest BCUT2D eigenvalue weighted by atomic mass is 10.0. The molecule has 4 nitrogen and oxygen atoms in total. The van der Waals surface area contributed by atoms with Crippen LogP contribution in [0.1, 0.15) is 38.5 Å². The van der Waals surface area contributed by atoms with Crippen molar-refractivity contribution in [3.8, 4) is 0 Å². The highest BCUT2D eigenvalue weighted by atomic mass is 16.3. The van der Waals surface area contributed by atoms with Crippen LogP contribution in [0.3, 0.4) is 0 Å². The number of pyridine rings is 1. The molecule has 4 heteroatoms. The molecule has 0 aromatic carbocycles. The minimum Gasteiger partial charge on any atom is -0.439 e. The first-order valence-electron chi connectivity index (χ1n) is 5.26. The number of nitrogens with two attached hydrogens (primary N) is 1. The molecule has 2 rings (SSSR count). The van der Waals surface area contributed by atoms with Crippen LogP contribution >= 0.6 is 0 Å². The molecule has 2 heterocycles. The Hall–Kier alpha value is -1.58. The molecule has 0 saturated carbocycles. The van der Waals surface area contributed by atoms with E-state index in [1.807, 2.05) is 0 Å². The lowest BCUT2D eigenvalue weighted by Gasteiger charge is -2.05. The van der Waals surface area contributed by atoms with E-state index in [1.54, 1.807) is 12.3 Å². The predicted octanol–water partition coefficient (Wildman–Crippen LogP) is 2.71. The van der Waals surface area contributed by atoms with Gasteiger partial charge in [-0.15, -0.1) is 0 Å². The third-order valence-electron chi connectivity index (χ3n) is 2.62. The summed E-state index contributed by atoms with van der Waals surface area (Å²) in [5.41, 5.74) is 7.55. The SMILES string of the molecule is CCC(CC)c1nc2ncc(N)cc2o1. The first-order chi connectivity index (χ1) is 7.24. The van der Waals surface area contributed by atoms with Crippen LogP contribution in [-0.2, 0) is 0 Å². The molecule has 0 saturated heterocycles. The van der Waals surface area contributed by atoms with Crippen molar-refractivity contribution in [2.24, 2.45) is 0 Å². The van der Waals surface area contributed by atoms with Crippen LogP contribution in [0.5, 0.6) is 0 Å². The fourth-order valence-electron chi connectivity index (χ4n) is 1.66. The van der Waals surface area contributed by atoms with Crippen LogP contribution in [0.15, 0.2) is 16.7 Å². The predicted molar refractivity (Wildman–Crippen MR) is 59.5 cm³/mol. The summed E-state index contributed by atoms with van der Waals surface area (Å²) in [6.45, 7) is 4.26. The molecule has 0 radical (unpaired) electrons. The van der Waals surface area contributed by atoms with E-state index in [1.165, 1.54) is 0 Å². The number of hydrogen-bond acceptors (Lipinski definition) is 4. The van der Waals surface area contributed by atoms with Crippen LogP contribution in [0.25, 0.3) is 11.2 Å². The van der Waals surface area contributed by atoms with Gasteiger partial charge < -0.3 is 10.2 Å². The highest BCUT2D eigenvalue weighted by molar-refractivity contribution is 5.71. The van der Waals surface area contributed by atoms with E-state index in [0.29, 0.717) is 22.8 Å². The van der Waals surface area contributed by atoms with Crippen LogP contribution in [0, 0.1) is 0 Å². The van der Waals surface area contributed by atoms with Crippen LogP contribution in [0.2, 0.25) is 0 Å². The van der Waals surface area contributed by atoms with Crippen molar-refractivity contribution in [3.05, 3.63) is 18.2 Å². The maximum atomic E-state index is 5.64. The first kappa shape index (κ1) is 9.96. The van der Waals surface area contributed by atoms with Gasteiger partial charge >= 0.3 is 0 Å². The average molecular weight is 205 g/mol. The maximum Gasteiger partial charge on any atom is 0.200 e. The lowest BCUT2D eigenvalue weighted by Crippen LogP contribution is -1.94. The highest BCUT2D eigenvalue weighted by Gasteiger charge is 2.15. The van der Waals surface area contributed by atoms with E-state index in [2.05, 4.69) is 23.8 Å². The molecule has 0 aliphatic heterocycles. The first-order valence-corrected chi connectivity index (χ1v) is 5.26. The van der Waals surface area contributed by atoms with E-state index in [0.717, 1.165) is 18.7 Å². The van der Waals surface area contributed by atoms with E-state index in [-0.39, 0.29) is 0 Å². The van der Waals surface area contributed by atoms with Crippen LogP contribution < -0.4 is 5.73 Å². The Morgan fingerprint density at radius 2 is 2.13 bits per heavy atom. The van der Waals surface area contributed by atoms with Crippen molar-refractivity contribution >= 4 is 16.9 Å². The van der Waals surface area contributed by atoms with Gasteiger partial charge in [0.15, 0.2) is 17.1 Å². The molecule has 0 spiro atoms. The molecular formula is C11H15N3O. The third kappa shape index (κ3) is 1.79. The summed E-state index contributed by atoms with van der Waals surface area (Å²) in [4.78, 5) is 8.49. The minimum absolute atomic E-state index is 0.375. The fraction of sp³-hybridized carbons (Fsp3) is 0.455. The minimum atomic E-state index is 0.375. The molecule has 0 unspecified atom stereocenters. The molecule has 80 valence electrons. The average Bonchev–Trinajstić information content (AvgIpc) is 2.62. The second kappa shape index (κ2) is 3.88. The summed E-state index contributed by atoms with van der Waals surface area (Å²) >= 11 is 0. The molecule has 2 aromatic heterocycles. The summed E-state index contributed by atoms with van der Waals surface area (Å²) in [7, 11) is 0. The largest absolute Gasteiger partial charge is 0.439 e. The molecule has 0 atom stereocenters. The number of oxazole rings is 1. The number of aromatic nitrogens is 2. The Kier molecular flexibility index (Phi) is 2.58. The van der Waals surface area contributed by atoms with E-state index < -0.39 is 0 Å². The number of hydrogen-bond donors (Lipinski definition) is 1. The molecule has 0 fully saturated rings. The molecule has 0 aliphatic carbocycles. The number of nitrogen functional groups attached to an aromatic ring is 1. The van der Waals surface area contributed by atoms with Gasteiger partial charge in [-0.1, -0.05) is 13.8 Å². The number of nitrogens with zero attached hydrogens (tertiary/aromatic N) is 2. The quantitative estimate of drug-likeness (QED) is 0.836. The summed E-state index contributed by atoms with van der Waals surface area (Å²) in [6, 6.07) is 1.77. The van der Waals surface area contributed by atoms with Crippen molar-refractivity contribution < 1.29 is 4.42 Å². The Balaban J connectivity index is 2.46. The topological polar surface area (TPSA) is 64.9 Å². The van der Waals surface area contributed by atoms with Crippen molar-refractivity contribution in [2.45, 2.75) is 32.6 Å². The lowest BCUT2D eigenvalue weighted by molar-refractivity contribution is 0.453. The molecule has 0 bridgehead atoms. The Bertz CT molecular complexity index is 460. The van der Waals surface area contributed by atoms with Crippen molar-refractivity contribution in [1.82, 2.24) is 9.97 Å². The molecular weight excluding hydrogens is 190 g/mol. The number of fused-ring (bicyclic) bond motifs is 1.